The Kier molecular flexibility index (Phi) is 6.07. The molecule has 1 atom stereocenters. The van der Waals surface area contributed by atoms with E-state index in [9.17, 15) is 4.79 Å². The van der Waals surface area contributed by atoms with Gasteiger partial charge in [-0.15, -0.1) is 0 Å². The van der Waals surface area contributed by atoms with Gasteiger partial charge in [0.2, 0.25) is 5.91 Å². The van der Waals surface area contributed by atoms with E-state index in [1.54, 1.807) is 0 Å². The minimum Gasteiger partial charge on any atom is -0.354 e. The van der Waals surface area contributed by atoms with E-state index in [0.29, 0.717) is 6.04 Å². The van der Waals surface area contributed by atoms with Crippen LogP contribution in [0.4, 0.5) is 5.82 Å². The predicted octanol–water partition coefficient (Wildman–Crippen LogP) is 2.43. The molecule has 0 spiro atoms. The summed E-state index contributed by atoms with van der Waals surface area (Å²) in [7, 11) is 0. The number of hydrogen-bond donors (Lipinski definition) is 1. The molecule has 2 aliphatic rings. The summed E-state index contributed by atoms with van der Waals surface area (Å²) < 4.78 is 0. The Hall–Kier alpha value is -1.62. The van der Waals surface area contributed by atoms with Gasteiger partial charge < -0.3 is 10.2 Å². The van der Waals surface area contributed by atoms with Crippen molar-refractivity contribution in [3.05, 3.63) is 24.4 Å². The Morgan fingerprint density at radius 3 is 2.46 bits per heavy atom. The predicted molar refractivity (Wildman–Crippen MR) is 97.1 cm³/mol. The van der Waals surface area contributed by atoms with Crippen molar-refractivity contribution >= 4 is 11.7 Å². The average molecular weight is 330 g/mol. The van der Waals surface area contributed by atoms with Gasteiger partial charge in [-0.2, -0.15) is 0 Å². The molecule has 2 heterocycles. The third-order valence-electron chi connectivity index (χ3n) is 5.42. The summed E-state index contributed by atoms with van der Waals surface area (Å²) in [4.78, 5) is 21.6. The van der Waals surface area contributed by atoms with Crippen LogP contribution in [-0.2, 0) is 4.79 Å². The lowest BCUT2D eigenvalue weighted by Crippen LogP contribution is -2.55. The van der Waals surface area contributed by atoms with Crippen molar-refractivity contribution < 1.29 is 4.79 Å². The maximum Gasteiger partial charge on any atom is 0.237 e. The van der Waals surface area contributed by atoms with E-state index in [0.717, 1.165) is 44.8 Å². The van der Waals surface area contributed by atoms with Crippen LogP contribution in [0.1, 0.15) is 45.4 Å². The Morgan fingerprint density at radius 1 is 1.12 bits per heavy atom. The van der Waals surface area contributed by atoms with Gasteiger partial charge in [0, 0.05) is 38.4 Å². The maximum atomic E-state index is 12.6. The second-order valence-electron chi connectivity index (χ2n) is 7.08. The molecule has 0 unspecified atom stereocenters. The Balaban J connectivity index is 1.47. The molecule has 3 rings (SSSR count). The fraction of sp³-hybridized carbons (Fsp3) is 0.684. The Labute approximate surface area is 145 Å². The number of piperazine rings is 1. The molecule has 2 fully saturated rings. The lowest BCUT2D eigenvalue weighted by Gasteiger charge is -2.38. The van der Waals surface area contributed by atoms with Crippen molar-refractivity contribution in [1.29, 1.82) is 0 Å². The van der Waals surface area contributed by atoms with Gasteiger partial charge in [0.1, 0.15) is 5.82 Å². The number of anilines is 1. The first kappa shape index (κ1) is 17.2. The van der Waals surface area contributed by atoms with Gasteiger partial charge in [-0.25, -0.2) is 4.98 Å². The van der Waals surface area contributed by atoms with E-state index in [2.05, 4.69) is 26.2 Å². The van der Waals surface area contributed by atoms with Crippen LogP contribution in [0.2, 0.25) is 0 Å². The highest BCUT2D eigenvalue weighted by Crippen LogP contribution is 2.18. The average Bonchev–Trinajstić information content (AvgIpc) is 2.90. The molecular formula is C19H30N4O. The minimum absolute atomic E-state index is 0.0425. The van der Waals surface area contributed by atoms with Gasteiger partial charge in [0.25, 0.3) is 0 Å². The smallest absolute Gasteiger partial charge is 0.237 e. The zero-order valence-corrected chi connectivity index (χ0v) is 14.8. The van der Waals surface area contributed by atoms with Gasteiger partial charge in [-0.05, 0) is 31.9 Å². The number of aromatic nitrogens is 1. The summed E-state index contributed by atoms with van der Waals surface area (Å²) in [5.74, 6) is 1.24. The van der Waals surface area contributed by atoms with Gasteiger partial charge in [-0.3, -0.25) is 9.69 Å². The number of nitrogens with one attached hydrogen (secondary N) is 1. The van der Waals surface area contributed by atoms with Gasteiger partial charge in [-0.1, -0.05) is 31.7 Å². The molecule has 1 N–H and O–H groups in total. The number of rotatable bonds is 4. The monoisotopic (exact) mass is 330 g/mol. The number of pyridine rings is 1. The molecule has 24 heavy (non-hydrogen) atoms. The van der Waals surface area contributed by atoms with Crippen molar-refractivity contribution in [3.63, 3.8) is 0 Å². The third-order valence-corrected chi connectivity index (χ3v) is 5.42. The first-order chi connectivity index (χ1) is 11.7. The molecule has 1 saturated carbocycles. The number of nitrogens with zero attached hydrogens (tertiary/aromatic N) is 3. The van der Waals surface area contributed by atoms with Crippen LogP contribution in [-0.4, -0.2) is 54.1 Å². The zero-order chi connectivity index (χ0) is 16.8. The number of carbonyl (C=O) groups excluding carboxylic acids is 1. The van der Waals surface area contributed by atoms with Crippen LogP contribution < -0.4 is 10.2 Å². The highest BCUT2D eigenvalue weighted by Gasteiger charge is 2.27. The first-order valence-corrected chi connectivity index (χ1v) is 9.44. The third kappa shape index (κ3) is 4.47. The molecule has 5 heteroatoms. The summed E-state index contributed by atoms with van der Waals surface area (Å²) in [5, 5.41) is 3.29. The molecule has 1 aromatic heterocycles. The topological polar surface area (TPSA) is 48.5 Å². The van der Waals surface area contributed by atoms with Gasteiger partial charge in [0.15, 0.2) is 0 Å². The van der Waals surface area contributed by atoms with E-state index in [4.69, 9.17) is 0 Å². The molecule has 1 aromatic rings. The van der Waals surface area contributed by atoms with E-state index < -0.39 is 0 Å². The fourth-order valence-corrected chi connectivity index (χ4v) is 3.79. The quantitative estimate of drug-likeness (QED) is 0.862. The van der Waals surface area contributed by atoms with Crippen LogP contribution in [0, 0.1) is 0 Å². The van der Waals surface area contributed by atoms with Crippen LogP contribution in [0.25, 0.3) is 0 Å². The molecule has 1 amide bonds. The molecule has 1 saturated heterocycles. The molecule has 5 nitrogen and oxygen atoms in total. The molecular weight excluding hydrogens is 300 g/mol. The Bertz CT molecular complexity index is 505. The lowest BCUT2D eigenvalue weighted by atomic mass is 10.1. The van der Waals surface area contributed by atoms with Gasteiger partial charge >= 0.3 is 0 Å². The number of amides is 1. The van der Waals surface area contributed by atoms with Crippen LogP contribution >= 0.6 is 0 Å². The largest absolute Gasteiger partial charge is 0.354 e. The SMILES string of the molecule is C[C@H](C(=O)NC1CCCCCC1)N1CCN(c2ccccn2)CC1. The van der Waals surface area contributed by atoms with Crippen LogP contribution in [0.3, 0.4) is 0 Å². The van der Waals surface area contributed by atoms with E-state index in [1.807, 2.05) is 25.3 Å². The van der Waals surface area contributed by atoms with Crippen LogP contribution in [0.5, 0.6) is 0 Å². The minimum atomic E-state index is -0.0425. The standard InChI is InChI=1S/C19H30N4O/c1-16(19(24)21-17-8-4-2-3-5-9-17)22-12-14-23(15-13-22)18-10-6-7-11-20-18/h6-7,10-11,16-17H,2-5,8-9,12-15H2,1H3,(H,21,24)/t16-/m1/s1. The van der Waals surface area contributed by atoms with Crippen molar-refractivity contribution in [2.24, 2.45) is 0 Å². The van der Waals surface area contributed by atoms with E-state index >= 15 is 0 Å². The molecule has 0 aromatic carbocycles. The number of hydrogen-bond acceptors (Lipinski definition) is 4. The Morgan fingerprint density at radius 2 is 1.83 bits per heavy atom. The maximum absolute atomic E-state index is 12.6. The molecule has 0 bridgehead atoms. The highest BCUT2D eigenvalue weighted by molar-refractivity contribution is 5.81. The second-order valence-corrected chi connectivity index (χ2v) is 7.08. The summed E-state index contributed by atoms with van der Waals surface area (Å²) in [6.07, 6.45) is 9.27. The summed E-state index contributed by atoms with van der Waals surface area (Å²) in [5.41, 5.74) is 0. The summed E-state index contributed by atoms with van der Waals surface area (Å²) in [6, 6.07) is 6.37. The molecule has 0 radical (unpaired) electrons. The van der Waals surface area contributed by atoms with Crippen LogP contribution in [0.15, 0.2) is 24.4 Å². The van der Waals surface area contributed by atoms with Gasteiger partial charge in [0.05, 0.1) is 6.04 Å². The van der Waals surface area contributed by atoms with Crippen molar-refractivity contribution in [2.45, 2.75) is 57.5 Å². The fourth-order valence-electron chi connectivity index (χ4n) is 3.79. The normalized spacial score (nSPS) is 22.0. The molecule has 1 aliphatic carbocycles. The highest BCUT2D eigenvalue weighted by atomic mass is 16.2. The summed E-state index contributed by atoms with van der Waals surface area (Å²) >= 11 is 0. The van der Waals surface area contributed by atoms with Crippen molar-refractivity contribution in [3.8, 4) is 0 Å². The van der Waals surface area contributed by atoms with E-state index in [1.165, 1.54) is 25.7 Å². The molecule has 132 valence electrons. The first-order valence-electron chi connectivity index (χ1n) is 9.44. The molecule has 1 aliphatic heterocycles. The van der Waals surface area contributed by atoms with E-state index in [-0.39, 0.29) is 11.9 Å². The zero-order valence-electron chi connectivity index (χ0n) is 14.8. The lowest BCUT2D eigenvalue weighted by molar-refractivity contribution is -0.126. The van der Waals surface area contributed by atoms with Crippen molar-refractivity contribution in [2.75, 3.05) is 31.1 Å². The second kappa shape index (κ2) is 8.47. The summed E-state index contributed by atoms with van der Waals surface area (Å²) in [6.45, 7) is 5.73. The van der Waals surface area contributed by atoms with Crippen molar-refractivity contribution in [1.82, 2.24) is 15.2 Å². The number of carbonyl (C=O) groups is 1.